The molecule has 0 saturated heterocycles. The van der Waals surface area contributed by atoms with Gasteiger partial charge in [0.2, 0.25) is 11.2 Å². The molecule has 0 spiro atoms. The molecule has 3 rings (SSSR count). The van der Waals surface area contributed by atoms with E-state index in [1.807, 2.05) is 0 Å². The number of aromatic hydroxyl groups is 5. The zero-order valence-corrected chi connectivity index (χ0v) is 12.2. The Balaban J connectivity index is 0.00000192. The number of benzene rings is 2. The van der Waals surface area contributed by atoms with E-state index in [0.29, 0.717) is 0 Å². The molecule has 8 heteroatoms. The van der Waals surface area contributed by atoms with E-state index in [2.05, 4.69) is 0 Å². The second kappa shape index (κ2) is 5.74. The van der Waals surface area contributed by atoms with Crippen molar-refractivity contribution in [1.82, 2.24) is 0 Å². The molecular formula is C15H10NiO7. The van der Waals surface area contributed by atoms with Gasteiger partial charge in [-0.2, -0.15) is 0 Å². The third-order valence-corrected chi connectivity index (χ3v) is 3.17. The van der Waals surface area contributed by atoms with Crippen LogP contribution < -0.4 is 5.43 Å². The largest absolute Gasteiger partial charge is 0.508 e. The fourth-order valence-electron chi connectivity index (χ4n) is 2.14. The molecule has 3 aromatic rings. The Kier molecular flexibility index (Phi) is 4.12. The topological polar surface area (TPSA) is 131 Å². The quantitative estimate of drug-likeness (QED) is 0.331. The fourth-order valence-corrected chi connectivity index (χ4v) is 2.14. The molecule has 0 aliphatic carbocycles. The van der Waals surface area contributed by atoms with Crippen LogP contribution in [0.5, 0.6) is 28.7 Å². The van der Waals surface area contributed by atoms with Gasteiger partial charge in [-0.1, -0.05) is 0 Å². The smallest absolute Gasteiger partial charge is 0.238 e. The van der Waals surface area contributed by atoms with Crippen LogP contribution in [0.3, 0.4) is 0 Å². The number of phenolic OH excluding ortho intramolecular Hbond substituents is 4. The van der Waals surface area contributed by atoms with Crippen molar-refractivity contribution in [2.45, 2.75) is 0 Å². The Hall–Kier alpha value is -2.86. The summed E-state index contributed by atoms with van der Waals surface area (Å²) in [6.45, 7) is 0. The Bertz CT molecular complexity index is 962. The molecular weight excluding hydrogens is 351 g/mol. The minimum atomic E-state index is -0.888. The molecule has 7 nitrogen and oxygen atoms in total. The van der Waals surface area contributed by atoms with Crippen LogP contribution >= 0.6 is 0 Å². The maximum atomic E-state index is 12.1. The number of hydrogen-bond acceptors (Lipinski definition) is 7. The molecule has 1 heterocycles. The molecule has 0 bridgehead atoms. The summed E-state index contributed by atoms with van der Waals surface area (Å²) in [5, 5.41) is 47.6. The maximum Gasteiger partial charge on any atom is 0.238 e. The molecule has 0 fully saturated rings. The van der Waals surface area contributed by atoms with Crippen molar-refractivity contribution in [2.75, 3.05) is 0 Å². The van der Waals surface area contributed by atoms with Crippen LogP contribution in [0.2, 0.25) is 0 Å². The number of hydrogen-bond donors (Lipinski definition) is 5. The van der Waals surface area contributed by atoms with Crippen LogP contribution in [-0.4, -0.2) is 25.5 Å². The molecule has 0 aliphatic rings. The molecule has 5 N–H and O–H groups in total. The van der Waals surface area contributed by atoms with E-state index >= 15 is 0 Å². The van der Waals surface area contributed by atoms with Crippen molar-refractivity contribution in [3.8, 4) is 40.1 Å². The van der Waals surface area contributed by atoms with Crippen molar-refractivity contribution in [2.24, 2.45) is 0 Å². The summed E-state index contributed by atoms with van der Waals surface area (Å²) in [4.78, 5) is 12.1. The number of fused-ring (bicyclic) bond motifs is 1. The summed E-state index contributed by atoms with van der Waals surface area (Å²) in [7, 11) is 0. The molecule has 2 aromatic carbocycles. The number of rotatable bonds is 1. The van der Waals surface area contributed by atoms with Gasteiger partial charge in [0.1, 0.15) is 22.5 Å². The van der Waals surface area contributed by atoms with Crippen LogP contribution in [0.1, 0.15) is 0 Å². The summed E-state index contributed by atoms with van der Waals surface area (Å²) in [5.74, 6) is -2.71. The van der Waals surface area contributed by atoms with Crippen LogP contribution in [0.25, 0.3) is 22.3 Å². The summed E-state index contributed by atoms with van der Waals surface area (Å²) < 4.78 is 5.35. The van der Waals surface area contributed by atoms with Gasteiger partial charge in [-0.05, 0) is 18.2 Å². The zero-order chi connectivity index (χ0) is 16.0. The minimum Gasteiger partial charge on any atom is -0.508 e. The first-order valence-corrected chi connectivity index (χ1v) is 6.12. The summed E-state index contributed by atoms with van der Waals surface area (Å²) in [5.41, 5.74) is -0.890. The van der Waals surface area contributed by atoms with Crippen molar-refractivity contribution < 1.29 is 46.4 Å². The summed E-state index contributed by atoms with van der Waals surface area (Å²) in [6.07, 6.45) is 0. The monoisotopic (exact) mass is 360 g/mol. The van der Waals surface area contributed by atoms with Crippen molar-refractivity contribution in [3.05, 3.63) is 40.6 Å². The fraction of sp³-hybridized carbons (Fsp3) is 0. The van der Waals surface area contributed by atoms with Crippen molar-refractivity contribution in [1.29, 1.82) is 0 Å². The Morgan fingerprint density at radius 3 is 2.17 bits per heavy atom. The van der Waals surface area contributed by atoms with Gasteiger partial charge in [0.25, 0.3) is 0 Å². The van der Waals surface area contributed by atoms with Crippen molar-refractivity contribution >= 4 is 11.0 Å². The van der Waals surface area contributed by atoms with Gasteiger partial charge in [0.05, 0.1) is 0 Å². The van der Waals surface area contributed by atoms with Crippen molar-refractivity contribution in [3.63, 3.8) is 0 Å². The average Bonchev–Trinajstić information content (AvgIpc) is 2.45. The van der Waals surface area contributed by atoms with E-state index in [0.717, 1.165) is 24.3 Å². The third kappa shape index (κ3) is 2.64. The van der Waals surface area contributed by atoms with Gasteiger partial charge < -0.3 is 29.9 Å². The van der Waals surface area contributed by atoms with E-state index in [1.54, 1.807) is 0 Å². The first-order chi connectivity index (χ1) is 10.4. The van der Waals surface area contributed by atoms with Gasteiger partial charge >= 0.3 is 0 Å². The predicted octanol–water partition coefficient (Wildman–Crippen LogP) is 1.99. The standard InChI is InChI=1S/C15H10O7.Ni/c16-7-4-10(19)12-11(5-7)22-15(14(21)13(12)20)6-1-2-8(17)9(18)3-6;/h1-5,16-19,21H;. The van der Waals surface area contributed by atoms with E-state index in [-0.39, 0.29) is 50.3 Å². The van der Waals surface area contributed by atoms with Gasteiger partial charge in [0, 0.05) is 34.2 Å². The molecule has 0 unspecified atom stereocenters. The average molecular weight is 361 g/mol. The zero-order valence-electron chi connectivity index (χ0n) is 11.3. The molecule has 122 valence electrons. The van der Waals surface area contributed by atoms with Crippen LogP contribution in [0.4, 0.5) is 0 Å². The molecule has 0 aliphatic heterocycles. The minimum absolute atomic E-state index is 0. The second-order valence-electron chi connectivity index (χ2n) is 4.65. The first-order valence-electron chi connectivity index (χ1n) is 6.12. The maximum absolute atomic E-state index is 12.1. The van der Waals surface area contributed by atoms with Gasteiger partial charge in [-0.3, -0.25) is 4.79 Å². The second-order valence-corrected chi connectivity index (χ2v) is 4.65. The summed E-state index contributed by atoms with van der Waals surface area (Å²) >= 11 is 0. The molecule has 23 heavy (non-hydrogen) atoms. The Morgan fingerprint density at radius 1 is 0.826 bits per heavy atom. The van der Waals surface area contributed by atoms with E-state index in [9.17, 15) is 30.3 Å². The van der Waals surface area contributed by atoms with Crippen LogP contribution in [-0.2, 0) is 16.5 Å². The number of phenols is 4. The van der Waals surface area contributed by atoms with Crippen LogP contribution in [0.15, 0.2) is 39.5 Å². The summed E-state index contributed by atoms with van der Waals surface area (Å²) in [6, 6.07) is 5.64. The predicted molar refractivity (Wildman–Crippen MR) is 76.2 cm³/mol. The van der Waals surface area contributed by atoms with E-state index in [4.69, 9.17) is 4.42 Å². The van der Waals surface area contributed by atoms with Gasteiger partial charge in [-0.25, -0.2) is 0 Å². The molecule has 0 radical (unpaired) electrons. The molecule has 0 saturated carbocycles. The van der Waals surface area contributed by atoms with Gasteiger partial charge in [-0.15, -0.1) is 0 Å². The SMILES string of the molecule is O=c1c(O)c(-c2ccc(O)c(O)c2)oc2cc(O)cc(O)c12.[Ni]. The van der Waals surface area contributed by atoms with Gasteiger partial charge in [0.15, 0.2) is 17.3 Å². The first kappa shape index (κ1) is 16.5. The van der Waals surface area contributed by atoms with Crippen LogP contribution in [0, 0.1) is 0 Å². The van der Waals surface area contributed by atoms with E-state index in [1.165, 1.54) is 6.07 Å². The normalized spacial score (nSPS) is 10.4. The molecule has 0 amide bonds. The molecule has 0 atom stereocenters. The molecule has 1 aromatic heterocycles. The third-order valence-electron chi connectivity index (χ3n) is 3.17. The van der Waals surface area contributed by atoms with E-state index < -0.39 is 22.7 Å². The Labute approximate surface area is 138 Å². The Morgan fingerprint density at radius 2 is 1.52 bits per heavy atom.